The first-order valence-corrected chi connectivity index (χ1v) is 11.4. The highest BCUT2D eigenvalue weighted by Crippen LogP contribution is 2.36. The Balaban J connectivity index is 2.10. The Kier molecular flexibility index (Phi) is 6.23. The van der Waals surface area contributed by atoms with Crippen LogP contribution in [0.2, 0.25) is 0 Å². The van der Waals surface area contributed by atoms with E-state index in [-0.39, 0.29) is 40.7 Å². The van der Waals surface area contributed by atoms with E-state index in [0.29, 0.717) is 29.6 Å². The first kappa shape index (κ1) is 21.9. The number of nitrogens with two attached hydrogens (primary N) is 2. The molecule has 0 amide bonds. The van der Waals surface area contributed by atoms with Crippen molar-refractivity contribution in [1.82, 2.24) is 9.97 Å². The zero-order valence-corrected chi connectivity index (χ0v) is 18.3. The quantitative estimate of drug-likeness (QED) is 0.433. The summed E-state index contributed by atoms with van der Waals surface area (Å²) in [6.45, 7) is 6.54. The van der Waals surface area contributed by atoms with Gasteiger partial charge in [-0.15, -0.1) is 0 Å². The van der Waals surface area contributed by atoms with Crippen molar-refractivity contribution in [2.45, 2.75) is 32.1 Å². The van der Waals surface area contributed by atoms with Crippen LogP contribution in [0.25, 0.3) is 11.0 Å². The monoisotopic (exact) mass is 431 g/mol. The van der Waals surface area contributed by atoms with Gasteiger partial charge < -0.3 is 21.6 Å². The van der Waals surface area contributed by atoms with Gasteiger partial charge in [0.05, 0.1) is 21.6 Å². The number of anilines is 2. The van der Waals surface area contributed by atoms with Gasteiger partial charge in [0.1, 0.15) is 5.75 Å². The van der Waals surface area contributed by atoms with Gasteiger partial charge in [0, 0.05) is 6.54 Å². The van der Waals surface area contributed by atoms with E-state index in [1.807, 2.05) is 20.8 Å². The van der Waals surface area contributed by atoms with Crippen LogP contribution in [-0.2, 0) is 16.4 Å². The summed E-state index contributed by atoms with van der Waals surface area (Å²) in [5.74, 6) is 0.388. The van der Waals surface area contributed by atoms with Gasteiger partial charge in [-0.1, -0.05) is 32.9 Å². The van der Waals surface area contributed by atoms with E-state index >= 15 is 0 Å². The van der Waals surface area contributed by atoms with Gasteiger partial charge in [-0.2, -0.15) is 0 Å². The zero-order chi connectivity index (χ0) is 22.1. The van der Waals surface area contributed by atoms with Gasteiger partial charge >= 0.3 is 0 Å². The highest BCUT2D eigenvalue weighted by molar-refractivity contribution is 7.92. The molecule has 1 atom stereocenters. The molecule has 30 heavy (non-hydrogen) atoms. The molecule has 0 unspecified atom stereocenters. The largest absolute Gasteiger partial charge is 0.505 e. The third kappa shape index (κ3) is 4.36. The normalized spacial score (nSPS) is 13.1. The van der Waals surface area contributed by atoms with Gasteiger partial charge in [0.2, 0.25) is 0 Å². The molecule has 162 valence electrons. The second kappa shape index (κ2) is 8.53. The topological polar surface area (TPSA) is 138 Å². The molecular formula is C21H29N5O3S. The first-order chi connectivity index (χ1) is 14.1. The number of nitrogens with zero attached hydrogens (tertiary/aromatic N) is 2. The van der Waals surface area contributed by atoms with Crippen molar-refractivity contribution >= 4 is 32.7 Å². The third-order valence-corrected chi connectivity index (χ3v) is 6.70. The first-order valence-electron chi connectivity index (χ1n) is 9.92. The number of para-hydroxylation sites is 1. The number of rotatable bonds is 8. The molecule has 1 heterocycles. The summed E-state index contributed by atoms with van der Waals surface area (Å²) in [6.07, 6.45) is 0.561. The lowest BCUT2D eigenvalue weighted by Gasteiger charge is -2.28. The number of nitrogen functional groups attached to an aromatic ring is 1. The molecule has 0 spiro atoms. The molecule has 8 nitrogen and oxygen atoms in total. The van der Waals surface area contributed by atoms with E-state index in [4.69, 9.17) is 11.5 Å². The molecule has 0 aliphatic carbocycles. The van der Waals surface area contributed by atoms with E-state index in [1.165, 1.54) is 16.4 Å². The fourth-order valence-electron chi connectivity index (χ4n) is 3.36. The Bertz CT molecular complexity index is 1140. The van der Waals surface area contributed by atoms with Crippen LogP contribution in [0.1, 0.15) is 26.3 Å². The van der Waals surface area contributed by atoms with Gasteiger partial charge in [-0.3, -0.25) is 4.31 Å². The molecule has 0 bridgehead atoms. The average Bonchev–Trinajstić information content (AvgIpc) is 3.06. The number of nitrogens with one attached hydrogen (secondary N) is 1. The van der Waals surface area contributed by atoms with Crippen molar-refractivity contribution in [3.63, 3.8) is 0 Å². The van der Waals surface area contributed by atoms with Crippen LogP contribution in [0.4, 0.5) is 11.6 Å². The summed E-state index contributed by atoms with van der Waals surface area (Å²) in [5.41, 5.74) is 13.5. The Labute approximate surface area is 177 Å². The number of fused-ring (bicyclic) bond motifs is 1. The number of benzene rings is 2. The summed E-state index contributed by atoms with van der Waals surface area (Å²) < 4.78 is 28.4. The van der Waals surface area contributed by atoms with Crippen LogP contribution in [0, 0.1) is 11.8 Å². The second-order valence-corrected chi connectivity index (χ2v) is 9.92. The highest BCUT2D eigenvalue weighted by atomic mass is 32.2. The van der Waals surface area contributed by atoms with Gasteiger partial charge in [-0.05, 0) is 54.6 Å². The number of hydrogen-bond acceptors (Lipinski definition) is 6. The van der Waals surface area contributed by atoms with Crippen molar-refractivity contribution in [3.8, 4) is 5.75 Å². The number of phenolic OH excluding ortho intramolecular Hbond substituents is 1. The summed E-state index contributed by atoms with van der Waals surface area (Å²) in [7, 11) is -3.94. The number of imidazole rings is 1. The van der Waals surface area contributed by atoms with E-state index in [1.54, 1.807) is 24.3 Å². The minimum Gasteiger partial charge on any atom is -0.505 e. The zero-order valence-electron chi connectivity index (χ0n) is 17.5. The van der Waals surface area contributed by atoms with Gasteiger partial charge in [0.25, 0.3) is 10.0 Å². The molecule has 0 aliphatic rings. The lowest BCUT2D eigenvalue weighted by atomic mass is 10.00. The number of aromatic nitrogens is 2. The molecule has 0 fully saturated rings. The Hall–Kier alpha value is -2.78. The van der Waals surface area contributed by atoms with Crippen LogP contribution in [0.5, 0.6) is 5.75 Å². The molecule has 0 saturated heterocycles. The summed E-state index contributed by atoms with van der Waals surface area (Å²) in [5, 5.41) is 10.9. The molecule has 2 aromatic carbocycles. The molecule has 0 saturated carbocycles. The van der Waals surface area contributed by atoms with E-state index < -0.39 is 10.0 Å². The Morgan fingerprint density at radius 2 is 1.93 bits per heavy atom. The van der Waals surface area contributed by atoms with Crippen LogP contribution in [0.15, 0.2) is 41.3 Å². The molecule has 3 aromatic rings. The maximum Gasteiger partial charge on any atom is 0.264 e. The SMILES string of the molecule is CC(C)CN(c1cccc(C[C@@H](C)CN)c1O)S(=O)(=O)c1ccc2nc(N)[nH]c2c1. The van der Waals surface area contributed by atoms with Gasteiger partial charge in [0.15, 0.2) is 5.95 Å². The lowest BCUT2D eigenvalue weighted by molar-refractivity contribution is 0.459. The standard InChI is InChI=1S/C21H29N5O3S/c1-13(2)12-26(19-6-4-5-15(20(19)27)9-14(3)11-22)30(28,29)16-7-8-17-18(10-16)25-21(23)24-17/h4-8,10,13-14,27H,9,11-12,22H2,1-3H3,(H3,23,24,25)/t14-/m1/s1. The fraction of sp³-hybridized carbons (Fsp3) is 0.381. The minimum atomic E-state index is -3.94. The van der Waals surface area contributed by atoms with E-state index in [0.717, 1.165) is 0 Å². The molecular weight excluding hydrogens is 402 g/mol. The van der Waals surface area contributed by atoms with Crippen LogP contribution >= 0.6 is 0 Å². The second-order valence-electron chi connectivity index (χ2n) is 8.06. The van der Waals surface area contributed by atoms with Crippen LogP contribution < -0.4 is 15.8 Å². The Morgan fingerprint density at radius 3 is 2.60 bits per heavy atom. The molecule has 9 heteroatoms. The van der Waals surface area contributed by atoms with Crippen molar-refractivity contribution in [1.29, 1.82) is 0 Å². The number of aromatic amines is 1. The molecule has 1 aromatic heterocycles. The number of aromatic hydroxyl groups is 1. The smallest absolute Gasteiger partial charge is 0.264 e. The van der Waals surface area contributed by atoms with Crippen molar-refractivity contribution < 1.29 is 13.5 Å². The fourth-order valence-corrected chi connectivity index (χ4v) is 5.02. The summed E-state index contributed by atoms with van der Waals surface area (Å²) >= 11 is 0. The predicted octanol–water partition coefficient (Wildman–Crippen LogP) is 2.84. The van der Waals surface area contributed by atoms with Crippen LogP contribution in [-0.4, -0.2) is 36.6 Å². The van der Waals surface area contributed by atoms with Crippen molar-refractivity contribution in [3.05, 3.63) is 42.0 Å². The number of hydrogen-bond donors (Lipinski definition) is 4. The maximum atomic E-state index is 13.6. The molecule has 0 radical (unpaired) electrons. The average molecular weight is 432 g/mol. The predicted molar refractivity (Wildman–Crippen MR) is 120 cm³/mol. The van der Waals surface area contributed by atoms with E-state index in [9.17, 15) is 13.5 Å². The van der Waals surface area contributed by atoms with Crippen molar-refractivity contribution in [2.75, 3.05) is 23.1 Å². The maximum absolute atomic E-state index is 13.6. The number of sulfonamides is 1. The lowest BCUT2D eigenvalue weighted by Crippen LogP contribution is -2.34. The summed E-state index contributed by atoms with van der Waals surface area (Å²) in [4.78, 5) is 7.07. The number of H-pyrrole nitrogens is 1. The number of phenols is 1. The van der Waals surface area contributed by atoms with E-state index in [2.05, 4.69) is 9.97 Å². The Morgan fingerprint density at radius 1 is 1.20 bits per heavy atom. The summed E-state index contributed by atoms with van der Waals surface area (Å²) in [6, 6.07) is 9.81. The third-order valence-electron chi connectivity index (χ3n) is 4.93. The molecule has 6 N–H and O–H groups in total. The van der Waals surface area contributed by atoms with Gasteiger partial charge in [-0.25, -0.2) is 13.4 Å². The van der Waals surface area contributed by atoms with Crippen molar-refractivity contribution in [2.24, 2.45) is 17.6 Å². The highest BCUT2D eigenvalue weighted by Gasteiger charge is 2.29. The minimum absolute atomic E-state index is 0.0334. The molecule has 0 aliphatic heterocycles. The van der Waals surface area contributed by atoms with Crippen LogP contribution in [0.3, 0.4) is 0 Å². The molecule has 3 rings (SSSR count).